The highest BCUT2D eigenvalue weighted by molar-refractivity contribution is 5.06. The van der Waals surface area contributed by atoms with Crippen molar-refractivity contribution in [2.75, 3.05) is 0 Å². The third kappa shape index (κ3) is 2.55. The van der Waals surface area contributed by atoms with Gasteiger partial charge in [0.25, 0.3) is 0 Å². The van der Waals surface area contributed by atoms with E-state index in [1.54, 1.807) is 6.92 Å². The first-order valence-electron chi connectivity index (χ1n) is 3.49. The summed E-state index contributed by atoms with van der Waals surface area (Å²) >= 11 is 0. The molecule has 0 saturated heterocycles. The van der Waals surface area contributed by atoms with Crippen LogP contribution in [0.2, 0.25) is 0 Å². The zero-order valence-corrected chi connectivity index (χ0v) is 6.86. The summed E-state index contributed by atoms with van der Waals surface area (Å²) in [4.78, 5) is 0. The average Bonchev–Trinajstić information content (AvgIpc) is 2.00. The van der Waals surface area contributed by atoms with E-state index in [1.165, 1.54) is 0 Å². The van der Waals surface area contributed by atoms with E-state index >= 15 is 0 Å². The molecule has 0 radical (unpaired) electrons. The van der Waals surface area contributed by atoms with Crippen LogP contribution in [0.15, 0.2) is 0 Å². The first-order chi connectivity index (χ1) is 4.68. The van der Waals surface area contributed by atoms with Crippen molar-refractivity contribution < 1.29 is 0 Å². The predicted molar refractivity (Wildman–Crippen MR) is 42.1 cm³/mol. The van der Waals surface area contributed by atoms with Gasteiger partial charge in [-0.2, -0.15) is 5.26 Å². The second-order valence-electron chi connectivity index (χ2n) is 2.63. The number of hydrogen-bond donors (Lipinski definition) is 0. The topological polar surface area (TPSA) is 23.8 Å². The zero-order valence-electron chi connectivity index (χ0n) is 6.86. The lowest BCUT2D eigenvalue weighted by molar-refractivity contribution is 0.438. The van der Waals surface area contributed by atoms with Crippen molar-refractivity contribution in [1.82, 2.24) is 0 Å². The van der Waals surface area contributed by atoms with E-state index in [1.807, 2.05) is 13.8 Å². The summed E-state index contributed by atoms with van der Waals surface area (Å²) in [7, 11) is 0. The van der Waals surface area contributed by atoms with Crippen molar-refractivity contribution in [3.05, 3.63) is 0 Å². The van der Waals surface area contributed by atoms with Gasteiger partial charge in [0.05, 0.1) is 11.5 Å². The zero-order chi connectivity index (χ0) is 8.04. The molecule has 0 bridgehead atoms. The normalized spacial score (nSPS) is 14.2. The number of rotatable bonds is 2. The van der Waals surface area contributed by atoms with Gasteiger partial charge in [0.15, 0.2) is 0 Å². The highest BCUT2D eigenvalue weighted by Crippen LogP contribution is 2.23. The molecule has 0 aromatic carbocycles. The summed E-state index contributed by atoms with van der Waals surface area (Å²) in [5, 5.41) is 8.69. The van der Waals surface area contributed by atoms with Gasteiger partial charge in [0, 0.05) is 6.42 Å². The van der Waals surface area contributed by atoms with Crippen LogP contribution in [0.4, 0.5) is 0 Å². The molecule has 0 aromatic rings. The first kappa shape index (κ1) is 9.05. The molecule has 0 aliphatic heterocycles. The molecule has 1 nitrogen and oxygen atoms in total. The fraction of sp³-hybridized carbons (Fsp3) is 0.667. The summed E-state index contributed by atoms with van der Waals surface area (Å²) in [6.45, 7) is 5.76. The van der Waals surface area contributed by atoms with Gasteiger partial charge < -0.3 is 0 Å². The molecule has 10 heavy (non-hydrogen) atoms. The van der Waals surface area contributed by atoms with Gasteiger partial charge >= 0.3 is 0 Å². The Morgan fingerprint density at radius 2 is 2.10 bits per heavy atom. The van der Waals surface area contributed by atoms with Crippen molar-refractivity contribution in [1.29, 1.82) is 5.26 Å². The van der Waals surface area contributed by atoms with Gasteiger partial charge in [-0.3, -0.25) is 0 Å². The van der Waals surface area contributed by atoms with E-state index in [-0.39, 0.29) is 5.41 Å². The van der Waals surface area contributed by atoms with Crippen LogP contribution in [-0.2, 0) is 0 Å². The van der Waals surface area contributed by atoms with Crippen LogP contribution in [0, 0.1) is 28.6 Å². The van der Waals surface area contributed by atoms with E-state index in [4.69, 9.17) is 5.26 Å². The third-order valence-corrected chi connectivity index (χ3v) is 1.71. The summed E-state index contributed by atoms with van der Waals surface area (Å²) in [5.74, 6) is 5.71. The van der Waals surface area contributed by atoms with Crippen LogP contribution in [0.1, 0.15) is 33.6 Å². The van der Waals surface area contributed by atoms with Crippen molar-refractivity contribution >= 4 is 0 Å². The molecule has 0 aromatic heterocycles. The lowest BCUT2D eigenvalue weighted by Gasteiger charge is -2.14. The monoisotopic (exact) mass is 135 g/mol. The number of nitrogens with zero attached hydrogens (tertiary/aromatic N) is 1. The molecule has 0 N–H and O–H groups in total. The Morgan fingerprint density at radius 1 is 1.50 bits per heavy atom. The van der Waals surface area contributed by atoms with Gasteiger partial charge in [-0.1, -0.05) is 6.92 Å². The lowest BCUT2D eigenvalue weighted by atomic mass is 9.86. The molecule has 0 aliphatic rings. The van der Waals surface area contributed by atoms with Crippen LogP contribution < -0.4 is 0 Å². The Balaban J connectivity index is 4.05. The maximum absolute atomic E-state index is 8.69. The Morgan fingerprint density at radius 3 is 2.40 bits per heavy atom. The average molecular weight is 135 g/mol. The van der Waals surface area contributed by atoms with E-state index in [9.17, 15) is 0 Å². The fourth-order valence-corrected chi connectivity index (χ4v) is 0.527. The van der Waals surface area contributed by atoms with Crippen LogP contribution in [0.25, 0.3) is 0 Å². The third-order valence-electron chi connectivity index (χ3n) is 1.71. The molecule has 0 spiro atoms. The van der Waals surface area contributed by atoms with Gasteiger partial charge in [-0.15, -0.1) is 11.8 Å². The molecule has 0 aliphatic carbocycles. The molecule has 0 heterocycles. The molecule has 0 fully saturated rings. The van der Waals surface area contributed by atoms with E-state index in [2.05, 4.69) is 17.9 Å². The van der Waals surface area contributed by atoms with Crippen LogP contribution in [0.5, 0.6) is 0 Å². The molecule has 0 rings (SSSR count). The highest BCUT2D eigenvalue weighted by Gasteiger charge is 2.18. The molecule has 0 amide bonds. The minimum atomic E-state index is -0.233. The number of nitriles is 1. The smallest absolute Gasteiger partial charge is 0.0696 e. The molecular weight excluding hydrogens is 122 g/mol. The summed E-state index contributed by atoms with van der Waals surface area (Å²) in [6, 6.07) is 2.26. The second kappa shape index (κ2) is 3.96. The predicted octanol–water partition coefficient (Wildman–Crippen LogP) is 2.34. The summed E-state index contributed by atoms with van der Waals surface area (Å²) in [5.41, 5.74) is -0.233. The molecule has 1 atom stereocenters. The van der Waals surface area contributed by atoms with Gasteiger partial charge in [-0.25, -0.2) is 0 Å². The molecular formula is C9H13N. The van der Waals surface area contributed by atoms with E-state index in [0.29, 0.717) is 6.42 Å². The minimum absolute atomic E-state index is 0.233. The van der Waals surface area contributed by atoms with Crippen LogP contribution in [-0.4, -0.2) is 0 Å². The molecule has 1 unspecified atom stereocenters. The van der Waals surface area contributed by atoms with E-state index in [0.717, 1.165) is 6.42 Å². The fourth-order valence-electron chi connectivity index (χ4n) is 0.527. The minimum Gasteiger partial charge on any atom is -0.198 e. The Hall–Kier alpha value is -0.950. The maximum atomic E-state index is 8.69. The molecule has 1 heteroatoms. The largest absolute Gasteiger partial charge is 0.198 e. The summed E-state index contributed by atoms with van der Waals surface area (Å²) < 4.78 is 0. The quantitative estimate of drug-likeness (QED) is 0.533. The second-order valence-corrected chi connectivity index (χ2v) is 2.63. The van der Waals surface area contributed by atoms with Crippen molar-refractivity contribution in [2.45, 2.75) is 33.6 Å². The SMILES string of the molecule is CC#CCC(C)(C#N)CC. The summed E-state index contributed by atoms with van der Waals surface area (Å²) in [6.07, 6.45) is 1.56. The Bertz CT molecular complexity index is 189. The Kier molecular flexibility index (Phi) is 3.59. The van der Waals surface area contributed by atoms with Crippen LogP contribution >= 0.6 is 0 Å². The van der Waals surface area contributed by atoms with E-state index < -0.39 is 0 Å². The standard InChI is InChI=1S/C9H13N/c1-4-6-7-9(3,5-2)8-10/h5,7H2,1-3H3. The van der Waals surface area contributed by atoms with Crippen molar-refractivity contribution in [3.8, 4) is 17.9 Å². The van der Waals surface area contributed by atoms with Gasteiger partial charge in [0.2, 0.25) is 0 Å². The lowest BCUT2D eigenvalue weighted by Crippen LogP contribution is -2.10. The van der Waals surface area contributed by atoms with Gasteiger partial charge in [-0.05, 0) is 20.3 Å². The number of hydrogen-bond acceptors (Lipinski definition) is 1. The van der Waals surface area contributed by atoms with Crippen molar-refractivity contribution in [2.24, 2.45) is 5.41 Å². The maximum Gasteiger partial charge on any atom is 0.0696 e. The van der Waals surface area contributed by atoms with Crippen molar-refractivity contribution in [3.63, 3.8) is 0 Å². The first-order valence-corrected chi connectivity index (χ1v) is 3.49. The van der Waals surface area contributed by atoms with Gasteiger partial charge in [0.1, 0.15) is 0 Å². The highest BCUT2D eigenvalue weighted by atomic mass is 14.3. The molecule has 54 valence electrons. The molecule has 0 saturated carbocycles. The Labute approximate surface area is 63.1 Å². The van der Waals surface area contributed by atoms with Crippen LogP contribution in [0.3, 0.4) is 0 Å².